The van der Waals surface area contributed by atoms with Crippen LogP contribution in [0.25, 0.3) is 11.5 Å². The Hall–Kier alpha value is -1.89. The first-order valence-electron chi connectivity index (χ1n) is 6.25. The Kier molecular flexibility index (Phi) is 4.08. The van der Waals surface area contributed by atoms with Crippen LogP contribution in [-0.4, -0.2) is 36.0 Å². The van der Waals surface area contributed by atoms with Gasteiger partial charge in [-0.2, -0.15) is 5.10 Å². The van der Waals surface area contributed by atoms with Gasteiger partial charge in [-0.15, -0.1) is 0 Å². The minimum Gasteiger partial charge on any atom is -0.460 e. The number of aldehydes is 1. The number of carbonyl (C=O) groups excluding carboxylic acids is 1. The molecule has 2 rings (SSSR count). The molecule has 108 valence electrons. The van der Waals surface area contributed by atoms with E-state index in [4.69, 9.17) is 4.42 Å². The number of sulfone groups is 1. The molecule has 7 heteroatoms. The molecule has 2 heterocycles. The molecule has 0 aliphatic heterocycles. The second-order valence-corrected chi connectivity index (χ2v) is 6.93. The van der Waals surface area contributed by atoms with Crippen LogP contribution in [-0.2, 0) is 16.4 Å². The lowest BCUT2D eigenvalue weighted by Gasteiger charge is -2.01. The van der Waals surface area contributed by atoms with Gasteiger partial charge in [0.25, 0.3) is 0 Å². The van der Waals surface area contributed by atoms with E-state index in [0.29, 0.717) is 23.3 Å². The molecule has 0 amide bonds. The molecule has 0 unspecified atom stereocenters. The summed E-state index contributed by atoms with van der Waals surface area (Å²) < 4.78 is 29.9. The van der Waals surface area contributed by atoms with Gasteiger partial charge in [-0.25, -0.2) is 8.42 Å². The van der Waals surface area contributed by atoms with E-state index < -0.39 is 9.84 Å². The zero-order valence-corrected chi connectivity index (χ0v) is 12.2. The number of aryl methyl sites for hydroxylation is 2. The first-order valence-corrected chi connectivity index (χ1v) is 8.07. The fraction of sp³-hybridized carbons (Fsp3) is 0.385. The minimum atomic E-state index is -3.06. The molecule has 0 fully saturated rings. The molecule has 0 spiro atoms. The van der Waals surface area contributed by atoms with Gasteiger partial charge in [0.05, 0.1) is 17.9 Å². The number of aromatic nitrogens is 2. The van der Waals surface area contributed by atoms with Crippen molar-refractivity contribution in [1.82, 2.24) is 9.78 Å². The van der Waals surface area contributed by atoms with Crippen LogP contribution in [0.2, 0.25) is 0 Å². The highest BCUT2D eigenvalue weighted by atomic mass is 32.2. The Labute approximate surface area is 117 Å². The second kappa shape index (κ2) is 5.62. The second-order valence-electron chi connectivity index (χ2n) is 4.46. The molecular formula is C13H16N2O4S. The summed E-state index contributed by atoms with van der Waals surface area (Å²) in [6, 6.07) is 3.52. The first kappa shape index (κ1) is 14.5. The van der Waals surface area contributed by atoms with Gasteiger partial charge in [0, 0.05) is 11.9 Å². The maximum atomic E-state index is 11.5. The highest BCUT2D eigenvalue weighted by Crippen LogP contribution is 2.23. The van der Waals surface area contributed by atoms with Crippen molar-refractivity contribution in [2.75, 3.05) is 11.5 Å². The molecule has 2 aromatic rings. The third-order valence-corrected chi connectivity index (χ3v) is 4.65. The van der Waals surface area contributed by atoms with Gasteiger partial charge >= 0.3 is 0 Å². The van der Waals surface area contributed by atoms with Crippen LogP contribution >= 0.6 is 0 Å². The fourth-order valence-corrected chi connectivity index (χ4v) is 2.52. The summed E-state index contributed by atoms with van der Waals surface area (Å²) in [4.78, 5) is 11.1. The van der Waals surface area contributed by atoms with Crippen molar-refractivity contribution >= 4 is 16.1 Å². The van der Waals surface area contributed by atoms with Gasteiger partial charge in [0.15, 0.2) is 21.9 Å². The van der Waals surface area contributed by atoms with E-state index in [1.54, 1.807) is 26.0 Å². The number of hydrogen-bond acceptors (Lipinski definition) is 5. The lowest BCUT2D eigenvalue weighted by Crippen LogP contribution is -2.14. The third kappa shape index (κ3) is 3.16. The van der Waals surface area contributed by atoms with Gasteiger partial charge in [-0.1, -0.05) is 6.92 Å². The first-order chi connectivity index (χ1) is 9.45. The number of furan rings is 1. The normalized spacial score (nSPS) is 11.7. The Morgan fingerprint density at radius 1 is 1.40 bits per heavy atom. The van der Waals surface area contributed by atoms with Crippen molar-refractivity contribution in [3.8, 4) is 11.5 Å². The topological polar surface area (TPSA) is 82.2 Å². The number of rotatable bonds is 6. The molecule has 0 saturated carbocycles. The summed E-state index contributed by atoms with van der Waals surface area (Å²) in [5, 5.41) is 4.23. The predicted octanol–water partition coefficient (Wildman–Crippen LogP) is 1.70. The monoisotopic (exact) mass is 296 g/mol. The Morgan fingerprint density at radius 2 is 2.15 bits per heavy atom. The third-order valence-electron chi connectivity index (χ3n) is 2.96. The molecule has 20 heavy (non-hydrogen) atoms. The lowest BCUT2D eigenvalue weighted by molar-refractivity contribution is 0.112. The van der Waals surface area contributed by atoms with Crippen LogP contribution in [0.3, 0.4) is 0 Å². The van der Waals surface area contributed by atoms with Crippen molar-refractivity contribution in [3.05, 3.63) is 29.7 Å². The molecule has 0 aromatic carbocycles. The molecule has 0 bridgehead atoms. The summed E-state index contributed by atoms with van der Waals surface area (Å²) in [6.07, 6.45) is 2.22. The van der Waals surface area contributed by atoms with Crippen LogP contribution in [0.5, 0.6) is 0 Å². The maximum absolute atomic E-state index is 11.5. The van der Waals surface area contributed by atoms with Gasteiger partial charge in [0.1, 0.15) is 11.5 Å². The van der Waals surface area contributed by atoms with Crippen molar-refractivity contribution < 1.29 is 17.6 Å². The molecule has 0 aliphatic rings. The number of hydrogen-bond donors (Lipinski definition) is 0. The van der Waals surface area contributed by atoms with Gasteiger partial charge < -0.3 is 4.42 Å². The minimum absolute atomic E-state index is 0.0000989. The maximum Gasteiger partial charge on any atom is 0.155 e. The zero-order chi connectivity index (χ0) is 14.8. The van der Waals surface area contributed by atoms with Crippen molar-refractivity contribution in [1.29, 1.82) is 0 Å². The van der Waals surface area contributed by atoms with Crippen LogP contribution in [0.15, 0.2) is 22.7 Å². The summed E-state index contributed by atoms with van der Waals surface area (Å²) in [7, 11) is -3.06. The number of nitrogens with zero attached hydrogens (tertiary/aromatic N) is 2. The molecule has 0 aliphatic carbocycles. The lowest BCUT2D eigenvalue weighted by atomic mass is 10.2. The Balaban J connectivity index is 2.25. The molecule has 0 saturated heterocycles. The predicted molar refractivity (Wildman–Crippen MR) is 74.4 cm³/mol. The van der Waals surface area contributed by atoms with E-state index in [9.17, 15) is 13.2 Å². The van der Waals surface area contributed by atoms with Crippen molar-refractivity contribution in [2.45, 2.75) is 20.4 Å². The van der Waals surface area contributed by atoms with Crippen LogP contribution < -0.4 is 0 Å². The van der Waals surface area contributed by atoms with E-state index in [1.165, 1.54) is 10.9 Å². The molecule has 6 nitrogen and oxygen atoms in total. The van der Waals surface area contributed by atoms with Gasteiger partial charge in [-0.3, -0.25) is 9.48 Å². The summed E-state index contributed by atoms with van der Waals surface area (Å²) in [5.74, 6) is 1.32. The molecule has 0 atom stereocenters. The van der Waals surface area contributed by atoms with Crippen molar-refractivity contribution in [3.63, 3.8) is 0 Å². The molecule has 2 aromatic heterocycles. The van der Waals surface area contributed by atoms with Crippen LogP contribution in [0.4, 0.5) is 0 Å². The average molecular weight is 296 g/mol. The van der Waals surface area contributed by atoms with E-state index >= 15 is 0 Å². The van der Waals surface area contributed by atoms with Crippen molar-refractivity contribution in [2.24, 2.45) is 0 Å². The Bertz CT molecular complexity index is 713. The van der Waals surface area contributed by atoms with Crippen LogP contribution in [0, 0.1) is 6.92 Å². The smallest absolute Gasteiger partial charge is 0.155 e. The molecule has 0 radical (unpaired) electrons. The van der Waals surface area contributed by atoms with Crippen LogP contribution in [0.1, 0.15) is 23.0 Å². The Morgan fingerprint density at radius 3 is 2.70 bits per heavy atom. The SMILES string of the molecule is CCS(=O)(=O)CCn1cc(C=O)c(-c2ccc(C)o2)n1. The summed E-state index contributed by atoms with van der Waals surface area (Å²) >= 11 is 0. The van der Waals surface area contributed by atoms with E-state index in [2.05, 4.69) is 5.10 Å². The summed E-state index contributed by atoms with van der Waals surface area (Å²) in [5.41, 5.74) is 0.815. The highest BCUT2D eigenvalue weighted by molar-refractivity contribution is 7.91. The van der Waals surface area contributed by atoms with Gasteiger partial charge in [0.2, 0.25) is 0 Å². The quantitative estimate of drug-likeness (QED) is 0.758. The molecule has 0 N–H and O–H groups in total. The fourth-order valence-electron chi connectivity index (χ4n) is 1.77. The number of carbonyl (C=O) groups is 1. The zero-order valence-electron chi connectivity index (χ0n) is 11.4. The molecular weight excluding hydrogens is 280 g/mol. The van der Waals surface area contributed by atoms with E-state index in [1.807, 2.05) is 0 Å². The largest absolute Gasteiger partial charge is 0.460 e. The van der Waals surface area contributed by atoms with Gasteiger partial charge in [-0.05, 0) is 19.1 Å². The highest BCUT2D eigenvalue weighted by Gasteiger charge is 2.15. The van der Waals surface area contributed by atoms with E-state index in [-0.39, 0.29) is 18.1 Å². The average Bonchev–Trinajstić information content (AvgIpc) is 3.02. The summed E-state index contributed by atoms with van der Waals surface area (Å²) in [6.45, 7) is 3.62. The standard InChI is InChI=1S/C13H16N2O4S/c1-3-20(17,18)7-6-15-8-11(9-16)13(14-15)12-5-4-10(2)19-12/h4-5,8-9H,3,6-7H2,1-2H3. The van der Waals surface area contributed by atoms with E-state index in [0.717, 1.165) is 5.76 Å².